The number of rotatable bonds is 1. The minimum Gasteiger partial charge on any atom is -0.352 e. The number of carbonyl (C=O) groups excluding carboxylic acids is 1. The van der Waals surface area contributed by atoms with E-state index in [-0.39, 0.29) is 11.7 Å². The minimum absolute atomic E-state index is 0.211. The van der Waals surface area contributed by atoms with E-state index in [0.717, 1.165) is 0 Å². The van der Waals surface area contributed by atoms with Gasteiger partial charge in [-0.1, -0.05) is 0 Å². The quantitative estimate of drug-likeness (QED) is 0.520. The molecular formula is C4H7N5O. The number of aryl methyl sites for hydroxylation is 1. The number of nitrogens with zero attached hydrogens (tertiary/aromatic N) is 4. The number of tetrazole rings is 1. The van der Waals surface area contributed by atoms with Gasteiger partial charge in [-0.25, -0.2) is 4.68 Å². The summed E-state index contributed by atoms with van der Waals surface area (Å²) in [5.74, 6) is -0.0741. The fraction of sp³-hybridized carbons (Fsp3) is 0.500. The number of amides is 1. The van der Waals surface area contributed by atoms with Gasteiger partial charge in [-0.2, -0.15) is 0 Å². The van der Waals surface area contributed by atoms with Gasteiger partial charge in [-0.05, 0) is 10.4 Å². The highest BCUT2D eigenvalue weighted by Gasteiger charge is 2.09. The van der Waals surface area contributed by atoms with Gasteiger partial charge in [-0.15, -0.1) is 5.10 Å². The molecule has 6 nitrogen and oxygen atoms in total. The molecular weight excluding hydrogens is 134 g/mol. The fourth-order valence-electron chi connectivity index (χ4n) is 0.534. The van der Waals surface area contributed by atoms with Crippen molar-refractivity contribution in [2.24, 2.45) is 7.05 Å². The van der Waals surface area contributed by atoms with Gasteiger partial charge in [0.2, 0.25) is 5.82 Å². The van der Waals surface area contributed by atoms with Crippen LogP contribution in [-0.4, -0.2) is 33.2 Å². The predicted molar refractivity (Wildman–Crippen MR) is 32.2 cm³/mol. The molecule has 1 heterocycles. The molecule has 0 saturated heterocycles. The smallest absolute Gasteiger partial charge is 0.290 e. The third kappa shape index (κ3) is 0.949. The van der Waals surface area contributed by atoms with Crippen molar-refractivity contribution in [3.63, 3.8) is 0 Å². The van der Waals surface area contributed by atoms with Crippen LogP contribution in [0.2, 0.25) is 0 Å². The van der Waals surface area contributed by atoms with Crippen LogP contribution < -0.4 is 5.32 Å². The molecule has 0 aliphatic carbocycles. The first kappa shape index (κ1) is 6.66. The SMILES string of the molecule is CNC(=O)c1nnnn1C. The van der Waals surface area contributed by atoms with Gasteiger partial charge >= 0.3 is 0 Å². The Morgan fingerprint density at radius 3 is 2.80 bits per heavy atom. The monoisotopic (exact) mass is 141 g/mol. The molecule has 10 heavy (non-hydrogen) atoms. The normalized spacial score (nSPS) is 9.40. The summed E-state index contributed by atoms with van der Waals surface area (Å²) in [5, 5.41) is 12.7. The molecule has 1 rings (SSSR count). The Bertz CT molecular complexity index is 242. The van der Waals surface area contributed by atoms with Crippen LogP contribution in [0.15, 0.2) is 0 Å². The number of hydrogen-bond acceptors (Lipinski definition) is 4. The van der Waals surface area contributed by atoms with Crippen molar-refractivity contribution in [2.45, 2.75) is 0 Å². The molecule has 0 spiro atoms. The molecule has 1 amide bonds. The molecule has 1 aromatic heterocycles. The van der Waals surface area contributed by atoms with Crippen LogP contribution in [0.1, 0.15) is 10.6 Å². The Labute approximate surface area is 57.2 Å². The number of aromatic nitrogens is 4. The maximum atomic E-state index is 10.8. The molecule has 1 N–H and O–H groups in total. The largest absolute Gasteiger partial charge is 0.352 e. The lowest BCUT2D eigenvalue weighted by molar-refractivity contribution is 0.0948. The maximum absolute atomic E-state index is 10.8. The third-order valence-electron chi connectivity index (χ3n) is 1.05. The summed E-state index contributed by atoms with van der Waals surface area (Å²) in [6, 6.07) is 0. The molecule has 0 aliphatic rings. The van der Waals surface area contributed by atoms with Crippen molar-refractivity contribution in [1.29, 1.82) is 0 Å². The summed E-state index contributed by atoms with van der Waals surface area (Å²) in [6.45, 7) is 0. The molecule has 1 aromatic rings. The van der Waals surface area contributed by atoms with Crippen molar-refractivity contribution in [2.75, 3.05) is 7.05 Å². The molecule has 0 aliphatic heterocycles. The molecule has 0 fully saturated rings. The zero-order valence-electron chi connectivity index (χ0n) is 5.70. The van der Waals surface area contributed by atoms with Gasteiger partial charge in [0.05, 0.1) is 0 Å². The van der Waals surface area contributed by atoms with Gasteiger partial charge in [0.1, 0.15) is 0 Å². The highest BCUT2D eigenvalue weighted by atomic mass is 16.2. The van der Waals surface area contributed by atoms with Gasteiger partial charge in [-0.3, -0.25) is 4.79 Å². The topological polar surface area (TPSA) is 72.7 Å². The van der Waals surface area contributed by atoms with Crippen LogP contribution in [0, 0.1) is 0 Å². The highest BCUT2D eigenvalue weighted by Crippen LogP contribution is 1.85. The molecule has 6 heteroatoms. The Balaban J connectivity index is 2.93. The lowest BCUT2D eigenvalue weighted by Gasteiger charge is -1.93. The number of hydrogen-bond donors (Lipinski definition) is 1. The molecule has 0 unspecified atom stereocenters. The van der Waals surface area contributed by atoms with E-state index in [2.05, 4.69) is 20.8 Å². The van der Waals surface area contributed by atoms with Gasteiger partial charge in [0.15, 0.2) is 0 Å². The van der Waals surface area contributed by atoms with Crippen molar-refractivity contribution in [1.82, 2.24) is 25.5 Å². The third-order valence-corrected chi connectivity index (χ3v) is 1.05. The number of nitrogens with one attached hydrogen (secondary N) is 1. The first-order valence-electron chi connectivity index (χ1n) is 2.70. The van der Waals surface area contributed by atoms with E-state index >= 15 is 0 Å². The van der Waals surface area contributed by atoms with E-state index in [1.54, 1.807) is 7.05 Å². The average Bonchev–Trinajstić information content (AvgIpc) is 2.34. The van der Waals surface area contributed by atoms with Crippen molar-refractivity contribution in [3.8, 4) is 0 Å². The first-order chi connectivity index (χ1) is 4.75. The second-order valence-corrected chi connectivity index (χ2v) is 1.71. The van der Waals surface area contributed by atoms with Crippen LogP contribution in [0.3, 0.4) is 0 Å². The second kappa shape index (κ2) is 2.42. The van der Waals surface area contributed by atoms with E-state index < -0.39 is 0 Å². The molecule has 0 radical (unpaired) electrons. The van der Waals surface area contributed by atoms with Crippen molar-refractivity contribution in [3.05, 3.63) is 5.82 Å². The van der Waals surface area contributed by atoms with Crippen LogP contribution in [-0.2, 0) is 7.05 Å². The van der Waals surface area contributed by atoms with Crippen LogP contribution in [0.25, 0.3) is 0 Å². The minimum atomic E-state index is -0.285. The Morgan fingerprint density at radius 2 is 2.40 bits per heavy atom. The van der Waals surface area contributed by atoms with Crippen molar-refractivity contribution < 1.29 is 4.79 Å². The maximum Gasteiger partial charge on any atom is 0.290 e. The van der Waals surface area contributed by atoms with Gasteiger partial charge < -0.3 is 5.32 Å². The van der Waals surface area contributed by atoms with E-state index in [4.69, 9.17) is 0 Å². The van der Waals surface area contributed by atoms with Crippen LogP contribution in [0.4, 0.5) is 0 Å². The summed E-state index contributed by atoms with van der Waals surface area (Å²) in [4.78, 5) is 10.8. The van der Waals surface area contributed by atoms with Crippen LogP contribution >= 0.6 is 0 Å². The highest BCUT2D eigenvalue weighted by molar-refractivity contribution is 5.90. The van der Waals surface area contributed by atoms with Crippen LogP contribution in [0.5, 0.6) is 0 Å². The first-order valence-corrected chi connectivity index (χ1v) is 2.70. The summed E-state index contributed by atoms with van der Waals surface area (Å²) >= 11 is 0. The second-order valence-electron chi connectivity index (χ2n) is 1.71. The summed E-state index contributed by atoms with van der Waals surface area (Å²) in [6.07, 6.45) is 0. The zero-order chi connectivity index (χ0) is 7.56. The summed E-state index contributed by atoms with van der Waals surface area (Å²) < 4.78 is 1.30. The predicted octanol–water partition coefficient (Wildman–Crippen LogP) is -1.43. The van der Waals surface area contributed by atoms with Gasteiger partial charge in [0.25, 0.3) is 5.91 Å². The lowest BCUT2D eigenvalue weighted by atomic mass is 10.6. The summed E-state index contributed by atoms with van der Waals surface area (Å²) in [7, 11) is 3.13. The summed E-state index contributed by atoms with van der Waals surface area (Å²) in [5.41, 5.74) is 0. The van der Waals surface area contributed by atoms with Gasteiger partial charge in [0, 0.05) is 14.1 Å². The Hall–Kier alpha value is -1.46. The molecule has 0 atom stereocenters. The van der Waals surface area contributed by atoms with E-state index in [1.807, 2.05) is 0 Å². The Morgan fingerprint density at radius 1 is 1.70 bits per heavy atom. The zero-order valence-corrected chi connectivity index (χ0v) is 5.70. The standard InChI is InChI=1S/C4H7N5O/c1-5-4(10)3-6-7-8-9(3)2/h1-2H3,(H,5,10). The number of carbonyl (C=O) groups is 1. The molecule has 0 saturated carbocycles. The van der Waals surface area contributed by atoms with E-state index in [1.165, 1.54) is 11.7 Å². The fourth-order valence-corrected chi connectivity index (χ4v) is 0.534. The van der Waals surface area contributed by atoms with E-state index in [9.17, 15) is 4.79 Å². The lowest BCUT2D eigenvalue weighted by Crippen LogP contribution is -2.22. The van der Waals surface area contributed by atoms with Crippen molar-refractivity contribution >= 4 is 5.91 Å². The molecule has 0 aromatic carbocycles. The van der Waals surface area contributed by atoms with E-state index in [0.29, 0.717) is 0 Å². The molecule has 54 valence electrons. The average molecular weight is 141 g/mol. The Kier molecular flexibility index (Phi) is 1.61. The molecule has 0 bridgehead atoms.